The highest BCUT2D eigenvalue weighted by molar-refractivity contribution is 5.75. The van der Waals surface area contributed by atoms with E-state index in [4.69, 9.17) is 53.2 Å². The lowest BCUT2D eigenvalue weighted by molar-refractivity contribution is -0.141. The van der Waals surface area contributed by atoms with E-state index in [0.717, 1.165) is 6.42 Å². The summed E-state index contributed by atoms with van der Waals surface area (Å²) < 4.78 is 0. The highest BCUT2D eigenvalue weighted by Crippen LogP contribution is 2.01. The molecule has 1 amide bonds. The molecule has 0 aromatic carbocycles. The number of aliphatic hydroxyl groups is 2. The lowest BCUT2D eigenvalue weighted by atomic mass is 10.1. The van der Waals surface area contributed by atoms with Crippen LogP contribution in [0.2, 0.25) is 0 Å². The van der Waals surface area contributed by atoms with Crippen LogP contribution in [-0.2, 0) is 24.0 Å². The lowest BCUT2D eigenvalue weighted by Gasteiger charge is -2.14. The fourth-order valence-electron chi connectivity index (χ4n) is 1.87. The van der Waals surface area contributed by atoms with Crippen LogP contribution >= 0.6 is 0 Å². The second-order valence-electron chi connectivity index (χ2n) is 8.89. The summed E-state index contributed by atoms with van der Waals surface area (Å²) in [6.07, 6.45) is 0.849. The zero-order valence-electron chi connectivity index (χ0n) is 23.9. The van der Waals surface area contributed by atoms with Gasteiger partial charge in [-0.1, -0.05) is 34.6 Å². The van der Waals surface area contributed by atoms with Gasteiger partial charge in [0.15, 0.2) is 5.96 Å². The Hall–Kier alpha value is -3.54. The highest BCUT2D eigenvalue weighted by Gasteiger charge is 2.21. The molecule has 0 rings (SSSR count). The van der Waals surface area contributed by atoms with E-state index >= 15 is 0 Å². The van der Waals surface area contributed by atoms with Gasteiger partial charge in [-0.3, -0.25) is 29.4 Å². The molecule has 17 heteroatoms. The average Bonchev–Trinajstić information content (AvgIpc) is 2.78. The number of guanidine groups is 1. The van der Waals surface area contributed by atoms with Gasteiger partial charge in [-0.25, -0.2) is 0 Å². The number of nitrogens with one attached hydrogen (secondary N) is 2. The third kappa shape index (κ3) is 51.2. The standard InChI is InChI=1S/C6H14N4O3.C6H13NO2.C5H10O2.C4H8O2.C2H5NO2/c7-4(5(12)13)3(11)1-2-10-6(8)9;1-4(2)3-5(7)6(8)9;1-4(2)3-5(6)7;1-2-3-4(5)6;3-2(5)1-4/h3-4,11H,1-2,7H2,(H,12,13)(H4,8,9,10);4-5H,3,7H2,1-2H3,(H,8,9);4H,3H2,1-2H3,(H,6,7);2-3H2,1H3,(H,5,6);4H,1H2,(H2,3,5)/t3?,4-;5-;;;/m00.../s1. The first-order chi connectivity index (χ1) is 18.1. The van der Waals surface area contributed by atoms with E-state index in [0.29, 0.717) is 18.8 Å². The molecular weight excluding hydrogens is 536 g/mol. The molecule has 16 N–H and O–H groups in total. The van der Waals surface area contributed by atoms with E-state index in [-0.39, 0.29) is 31.3 Å². The molecule has 0 aliphatic heterocycles. The van der Waals surface area contributed by atoms with Crippen LogP contribution in [0, 0.1) is 17.2 Å². The molecule has 238 valence electrons. The zero-order chi connectivity index (χ0) is 33.0. The summed E-state index contributed by atoms with van der Waals surface area (Å²) in [4.78, 5) is 49.1. The summed E-state index contributed by atoms with van der Waals surface area (Å²) in [7, 11) is 0. The maximum absolute atomic E-state index is 10.3. The Bertz CT molecular complexity index is 721. The molecule has 0 aromatic heterocycles. The van der Waals surface area contributed by atoms with Crippen molar-refractivity contribution in [3.8, 4) is 0 Å². The van der Waals surface area contributed by atoms with E-state index in [1.54, 1.807) is 0 Å². The second kappa shape index (κ2) is 30.0. The van der Waals surface area contributed by atoms with E-state index in [9.17, 15) is 24.0 Å². The molecular formula is C23H50N6O11. The van der Waals surface area contributed by atoms with Crippen molar-refractivity contribution < 1.29 is 54.6 Å². The summed E-state index contributed by atoms with van der Waals surface area (Å²) in [6.45, 7) is 9.17. The van der Waals surface area contributed by atoms with Crippen LogP contribution in [0.4, 0.5) is 0 Å². The average molecular weight is 587 g/mol. The van der Waals surface area contributed by atoms with Crippen LogP contribution in [-0.4, -0.2) is 97.7 Å². The minimum absolute atomic E-state index is 0.132. The van der Waals surface area contributed by atoms with Crippen LogP contribution in [0.1, 0.15) is 66.7 Å². The normalized spacial score (nSPS) is 11.7. The number of carboxylic acids is 4. The van der Waals surface area contributed by atoms with Crippen molar-refractivity contribution >= 4 is 35.7 Å². The Kier molecular flexibility index (Phi) is 34.7. The van der Waals surface area contributed by atoms with Crippen molar-refractivity contribution in [1.29, 1.82) is 5.41 Å². The number of primary amides is 1. The molecule has 0 heterocycles. The molecule has 3 atom stereocenters. The fourth-order valence-corrected chi connectivity index (χ4v) is 1.87. The minimum atomic E-state index is -1.30. The van der Waals surface area contributed by atoms with Crippen LogP contribution < -0.4 is 28.3 Å². The minimum Gasteiger partial charge on any atom is -0.481 e. The SMILES string of the molecule is CC(C)CC(=O)O.CC(C)C[C@H](N)C(=O)O.CCCC(=O)O.N=C(N)NCCC(O)[C@H](N)C(=O)O.NC(=O)CO. The molecule has 0 radical (unpaired) electrons. The number of hydrogen-bond acceptors (Lipinski definition) is 10. The maximum Gasteiger partial charge on any atom is 0.323 e. The summed E-state index contributed by atoms with van der Waals surface area (Å²) in [6, 6.07) is -1.99. The van der Waals surface area contributed by atoms with Gasteiger partial charge in [0, 0.05) is 19.4 Å². The van der Waals surface area contributed by atoms with Crippen LogP contribution in [0.5, 0.6) is 0 Å². The topological polar surface area (TPSA) is 347 Å². The summed E-state index contributed by atoms with van der Waals surface area (Å²) in [5.74, 6) is -3.87. The van der Waals surface area contributed by atoms with Gasteiger partial charge in [0.25, 0.3) is 0 Å². The number of aliphatic carboxylic acids is 4. The van der Waals surface area contributed by atoms with Crippen molar-refractivity contribution in [2.75, 3.05) is 13.2 Å². The first-order valence-corrected chi connectivity index (χ1v) is 12.2. The first kappa shape index (κ1) is 46.3. The van der Waals surface area contributed by atoms with Gasteiger partial charge in [-0.05, 0) is 31.1 Å². The lowest BCUT2D eigenvalue weighted by Crippen LogP contribution is -2.43. The number of amides is 1. The van der Waals surface area contributed by atoms with Crippen LogP contribution in [0.15, 0.2) is 0 Å². The molecule has 0 bridgehead atoms. The van der Waals surface area contributed by atoms with E-state index in [2.05, 4.69) is 11.1 Å². The van der Waals surface area contributed by atoms with Crippen LogP contribution in [0.25, 0.3) is 0 Å². The van der Waals surface area contributed by atoms with Gasteiger partial charge in [0.05, 0.1) is 6.10 Å². The summed E-state index contributed by atoms with van der Waals surface area (Å²) >= 11 is 0. The predicted molar refractivity (Wildman–Crippen MR) is 147 cm³/mol. The van der Waals surface area contributed by atoms with Gasteiger partial charge in [0.1, 0.15) is 18.7 Å². The number of nitrogens with two attached hydrogens (primary N) is 4. The summed E-state index contributed by atoms with van der Waals surface area (Å²) in [5, 5.41) is 58.7. The van der Waals surface area contributed by atoms with Crippen molar-refractivity contribution in [2.45, 2.75) is 84.9 Å². The zero-order valence-corrected chi connectivity index (χ0v) is 23.9. The molecule has 1 unspecified atom stereocenters. The first-order valence-electron chi connectivity index (χ1n) is 12.2. The molecule has 0 aromatic rings. The Morgan fingerprint density at radius 3 is 1.45 bits per heavy atom. The second-order valence-corrected chi connectivity index (χ2v) is 8.89. The van der Waals surface area contributed by atoms with Crippen molar-refractivity contribution in [1.82, 2.24) is 5.32 Å². The fraction of sp³-hybridized carbons (Fsp3) is 0.739. The molecule has 0 saturated carbocycles. The van der Waals surface area contributed by atoms with E-state index < -0.39 is 54.6 Å². The molecule has 0 saturated heterocycles. The van der Waals surface area contributed by atoms with Crippen LogP contribution in [0.3, 0.4) is 0 Å². The third-order valence-corrected chi connectivity index (χ3v) is 3.70. The predicted octanol–water partition coefficient (Wildman–Crippen LogP) is -1.47. The number of carboxylic acid groups (broad SMARTS) is 4. The molecule has 17 nitrogen and oxygen atoms in total. The number of aliphatic hydroxyl groups excluding tert-OH is 2. The third-order valence-electron chi connectivity index (χ3n) is 3.70. The Morgan fingerprint density at radius 2 is 1.30 bits per heavy atom. The smallest absolute Gasteiger partial charge is 0.323 e. The number of carbonyl (C=O) groups excluding carboxylic acids is 1. The molecule has 0 aliphatic rings. The number of carbonyl (C=O) groups is 5. The van der Waals surface area contributed by atoms with Gasteiger partial charge in [0.2, 0.25) is 5.91 Å². The van der Waals surface area contributed by atoms with Crippen molar-refractivity contribution in [3.63, 3.8) is 0 Å². The number of rotatable bonds is 13. The molecule has 40 heavy (non-hydrogen) atoms. The van der Waals surface area contributed by atoms with Gasteiger partial charge < -0.3 is 58.9 Å². The van der Waals surface area contributed by atoms with Gasteiger partial charge >= 0.3 is 23.9 Å². The highest BCUT2D eigenvalue weighted by atomic mass is 16.4. The van der Waals surface area contributed by atoms with Crippen molar-refractivity contribution in [2.24, 2.45) is 34.8 Å². The largest absolute Gasteiger partial charge is 0.481 e. The van der Waals surface area contributed by atoms with Gasteiger partial charge in [-0.2, -0.15) is 0 Å². The van der Waals surface area contributed by atoms with Gasteiger partial charge in [-0.15, -0.1) is 0 Å². The van der Waals surface area contributed by atoms with Crippen molar-refractivity contribution in [3.05, 3.63) is 0 Å². The number of hydrogen-bond donors (Lipinski definition) is 12. The quantitative estimate of drug-likeness (QED) is 0.0865. The molecule has 0 aliphatic carbocycles. The monoisotopic (exact) mass is 586 g/mol. The summed E-state index contributed by atoms with van der Waals surface area (Å²) in [5.41, 5.74) is 19.7. The van der Waals surface area contributed by atoms with E-state index in [1.165, 1.54) is 0 Å². The Balaban J connectivity index is -0.000000134. The molecule has 0 fully saturated rings. The van der Waals surface area contributed by atoms with E-state index in [1.807, 2.05) is 34.6 Å². The maximum atomic E-state index is 10.3. The Morgan fingerprint density at radius 1 is 0.850 bits per heavy atom. The molecule has 0 spiro atoms. The Labute approximate surface area is 234 Å².